The number of aryl methyl sites for hydroxylation is 1. The van der Waals surface area contributed by atoms with Crippen molar-refractivity contribution < 1.29 is 4.74 Å². The summed E-state index contributed by atoms with van der Waals surface area (Å²) in [5.41, 5.74) is 2.38. The first-order valence-electron chi connectivity index (χ1n) is 7.10. The summed E-state index contributed by atoms with van der Waals surface area (Å²) in [6.07, 6.45) is 6.61. The number of ether oxygens (including phenoxy) is 1. The van der Waals surface area contributed by atoms with Gasteiger partial charge in [0.15, 0.2) is 0 Å². The van der Waals surface area contributed by atoms with Crippen LogP contribution < -0.4 is 10.1 Å². The lowest BCUT2D eigenvalue weighted by atomic mass is 10.0. The maximum Gasteiger partial charge on any atom is 0.142 e. The molecular formula is C16H25NO. The molecule has 1 aliphatic rings. The number of anilines is 1. The minimum atomic E-state index is 0.603. The molecule has 2 unspecified atom stereocenters. The predicted octanol–water partition coefficient (Wildman–Crippen LogP) is 4.38. The van der Waals surface area contributed by atoms with Crippen LogP contribution in [0.3, 0.4) is 0 Å². The quantitative estimate of drug-likeness (QED) is 0.800. The molecule has 0 bridgehead atoms. The molecule has 2 atom stereocenters. The Morgan fingerprint density at radius 1 is 1.17 bits per heavy atom. The number of methoxy groups -OCH3 is 1. The van der Waals surface area contributed by atoms with E-state index in [4.69, 9.17) is 4.74 Å². The lowest BCUT2D eigenvalue weighted by Gasteiger charge is -2.20. The molecule has 100 valence electrons. The highest BCUT2D eigenvalue weighted by atomic mass is 16.5. The Labute approximate surface area is 111 Å². The van der Waals surface area contributed by atoms with Gasteiger partial charge in [0.2, 0.25) is 0 Å². The van der Waals surface area contributed by atoms with E-state index in [1.54, 1.807) is 7.11 Å². The Morgan fingerprint density at radius 3 is 2.78 bits per heavy atom. The summed E-state index contributed by atoms with van der Waals surface area (Å²) in [6, 6.07) is 6.99. The van der Waals surface area contributed by atoms with Crippen molar-refractivity contribution in [2.75, 3.05) is 12.4 Å². The molecule has 0 radical (unpaired) electrons. The topological polar surface area (TPSA) is 21.3 Å². The monoisotopic (exact) mass is 247 g/mol. The first-order chi connectivity index (χ1) is 8.69. The molecule has 0 aliphatic heterocycles. The fourth-order valence-corrected chi connectivity index (χ4v) is 2.77. The summed E-state index contributed by atoms with van der Waals surface area (Å²) in [6.45, 7) is 4.47. The maximum atomic E-state index is 5.46. The van der Waals surface area contributed by atoms with Crippen molar-refractivity contribution in [3.63, 3.8) is 0 Å². The zero-order valence-corrected chi connectivity index (χ0v) is 11.8. The third-order valence-corrected chi connectivity index (χ3v) is 3.97. The Hall–Kier alpha value is -1.18. The summed E-state index contributed by atoms with van der Waals surface area (Å²) in [4.78, 5) is 0. The summed E-state index contributed by atoms with van der Waals surface area (Å²) in [5, 5.41) is 3.66. The molecule has 18 heavy (non-hydrogen) atoms. The molecule has 1 aromatic carbocycles. The first-order valence-corrected chi connectivity index (χ1v) is 7.10. The van der Waals surface area contributed by atoms with Crippen LogP contribution in [0.25, 0.3) is 0 Å². The Balaban J connectivity index is 2.04. The van der Waals surface area contributed by atoms with Crippen LogP contribution in [0.15, 0.2) is 18.2 Å². The Kier molecular flexibility index (Phi) is 4.51. The van der Waals surface area contributed by atoms with E-state index in [9.17, 15) is 0 Å². The fourth-order valence-electron chi connectivity index (χ4n) is 2.77. The molecule has 0 aromatic heterocycles. The molecule has 1 aromatic rings. The van der Waals surface area contributed by atoms with Crippen LogP contribution in [0.1, 0.15) is 44.6 Å². The number of benzene rings is 1. The molecule has 2 rings (SSSR count). The molecule has 1 fully saturated rings. The minimum absolute atomic E-state index is 0.603. The molecule has 0 heterocycles. The van der Waals surface area contributed by atoms with E-state index in [0.717, 1.165) is 17.4 Å². The van der Waals surface area contributed by atoms with Crippen LogP contribution in [-0.2, 0) is 0 Å². The molecule has 2 nitrogen and oxygen atoms in total. The number of nitrogens with one attached hydrogen (secondary N) is 1. The lowest BCUT2D eigenvalue weighted by molar-refractivity contribution is 0.415. The number of hydrogen-bond acceptors (Lipinski definition) is 2. The van der Waals surface area contributed by atoms with E-state index in [0.29, 0.717) is 6.04 Å². The number of rotatable bonds is 3. The Morgan fingerprint density at radius 2 is 2.00 bits per heavy atom. The van der Waals surface area contributed by atoms with Crippen LogP contribution in [0, 0.1) is 12.8 Å². The third kappa shape index (κ3) is 3.41. The predicted molar refractivity (Wildman–Crippen MR) is 77.4 cm³/mol. The first kappa shape index (κ1) is 13.3. The van der Waals surface area contributed by atoms with Gasteiger partial charge in [-0.1, -0.05) is 25.8 Å². The highest BCUT2D eigenvalue weighted by Gasteiger charge is 2.17. The largest absolute Gasteiger partial charge is 0.495 e. The van der Waals surface area contributed by atoms with E-state index in [1.165, 1.54) is 37.7 Å². The van der Waals surface area contributed by atoms with Gasteiger partial charge in [-0.3, -0.25) is 0 Å². The maximum absolute atomic E-state index is 5.46. The fraction of sp³-hybridized carbons (Fsp3) is 0.625. The van der Waals surface area contributed by atoms with E-state index < -0.39 is 0 Å². The van der Waals surface area contributed by atoms with Crippen LogP contribution in [0.4, 0.5) is 5.69 Å². The van der Waals surface area contributed by atoms with Gasteiger partial charge in [-0.05, 0) is 49.8 Å². The second-order valence-corrected chi connectivity index (χ2v) is 5.66. The van der Waals surface area contributed by atoms with Gasteiger partial charge in [0.05, 0.1) is 12.8 Å². The van der Waals surface area contributed by atoms with Crippen molar-refractivity contribution in [3.05, 3.63) is 23.8 Å². The van der Waals surface area contributed by atoms with Crippen molar-refractivity contribution in [3.8, 4) is 5.75 Å². The molecule has 0 amide bonds. The number of hydrogen-bond donors (Lipinski definition) is 1. The summed E-state index contributed by atoms with van der Waals surface area (Å²) in [7, 11) is 1.75. The zero-order chi connectivity index (χ0) is 13.0. The van der Waals surface area contributed by atoms with Gasteiger partial charge in [-0.25, -0.2) is 0 Å². The average Bonchev–Trinajstić information content (AvgIpc) is 2.56. The second-order valence-electron chi connectivity index (χ2n) is 5.66. The van der Waals surface area contributed by atoms with E-state index >= 15 is 0 Å². The van der Waals surface area contributed by atoms with Crippen molar-refractivity contribution in [2.24, 2.45) is 5.92 Å². The van der Waals surface area contributed by atoms with Gasteiger partial charge in [0.25, 0.3) is 0 Å². The van der Waals surface area contributed by atoms with Gasteiger partial charge in [0.1, 0.15) is 5.75 Å². The van der Waals surface area contributed by atoms with Crippen molar-refractivity contribution in [2.45, 2.75) is 52.0 Å². The molecular weight excluding hydrogens is 222 g/mol. The summed E-state index contributed by atoms with van der Waals surface area (Å²) < 4.78 is 5.46. The molecule has 2 heteroatoms. The normalized spacial score (nSPS) is 24.4. The van der Waals surface area contributed by atoms with Crippen LogP contribution in [-0.4, -0.2) is 13.2 Å². The second kappa shape index (κ2) is 6.12. The molecule has 1 N–H and O–H groups in total. The highest BCUT2D eigenvalue weighted by molar-refractivity contribution is 5.58. The smallest absolute Gasteiger partial charge is 0.142 e. The SMILES string of the molecule is COc1cc(C)ccc1NC1CCCC(C)CC1. The molecule has 0 spiro atoms. The van der Waals surface area contributed by atoms with Gasteiger partial charge >= 0.3 is 0 Å². The van der Waals surface area contributed by atoms with E-state index in [2.05, 4.69) is 37.4 Å². The van der Waals surface area contributed by atoms with Gasteiger partial charge in [0, 0.05) is 6.04 Å². The molecule has 0 saturated heterocycles. The van der Waals surface area contributed by atoms with Crippen LogP contribution in [0.5, 0.6) is 5.75 Å². The van der Waals surface area contributed by atoms with Gasteiger partial charge in [-0.2, -0.15) is 0 Å². The summed E-state index contributed by atoms with van der Waals surface area (Å²) in [5.74, 6) is 1.85. The molecule has 1 saturated carbocycles. The highest BCUT2D eigenvalue weighted by Crippen LogP contribution is 2.30. The van der Waals surface area contributed by atoms with Crippen LogP contribution in [0.2, 0.25) is 0 Å². The van der Waals surface area contributed by atoms with E-state index in [1.807, 2.05) is 0 Å². The van der Waals surface area contributed by atoms with Gasteiger partial charge < -0.3 is 10.1 Å². The standard InChI is InChI=1S/C16H25NO/c1-12-5-4-6-14(9-7-12)17-15-10-8-13(2)11-16(15)18-3/h8,10-12,14,17H,4-7,9H2,1-3H3. The summed E-state index contributed by atoms with van der Waals surface area (Å²) >= 11 is 0. The van der Waals surface area contributed by atoms with E-state index in [-0.39, 0.29) is 0 Å². The van der Waals surface area contributed by atoms with Gasteiger partial charge in [-0.15, -0.1) is 0 Å². The van der Waals surface area contributed by atoms with Crippen LogP contribution >= 0.6 is 0 Å². The third-order valence-electron chi connectivity index (χ3n) is 3.97. The Bertz CT molecular complexity index is 389. The van der Waals surface area contributed by atoms with Crippen molar-refractivity contribution in [1.82, 2.24) is 0 Å². The zero-order valence-electron chi connectivity index (χ0n) is 11.8. The van der Waals surface area contributed by atoms with Crippen molar-refractivity contribution >= 4 is 5.69 Å². The lowest BCUT2D eigenvalue weighted by Crippen LogP contribution is -2.18. The van der Waals surface area contributed by atoms with Crippen molar-refractivity contribution in [1.29, 1.82) is 0 Å². The molecule has 1 aliphatic carbocycles. The minimum Gasteiger partial charge on any atom is -0.495 e. The average molecular weight is 247 g/mol.